The molecule has 1 N–H and O–H groups in total. The molecule has 0 bridgehead atoms. The van der Waals surface area contributed by atoms with Crippen molar-refractivity contribution in [1.29, 1.82) is 0 Å². The Morgan fingerprint density at radius 3 is 2.57 bits per heavy atom. The van der Waals surface area contributed by atoms with Gasteiger partial charge in [0.1, 0.15) is 12.4 Å². The van der Waals surface area contributed by atoms with Gasteiger partial charge in [-0.05, 0) is 26.1 Å². The van der Waals surface area contributed by atoms with Gasteiger partial charge < -0.3 is 10.1 Å². The lowest BCUT2D eigenvalue weighted by Crippen LogP contribution is -2.05. The topological polar surface area (TPSA) is 21.3 Å². The van der Waals surface area contributed by atoms with Crippen LogP contribution in [0.1, 0.15) is 5.56 Å². The number of rotatable bonds is 3. The van der Waals surface area contributed by atoms with E-state index in [-0.39, 0.29) is 0 Å². The number of ether oxygens (including phenoxy) is 1. The molecule has 0 aliphatic rings. The third kappa shape index (κ3) is 3.97. The Morgan fingerprint density at radius 1 is 1.21 bits per heavy atom. The van der Waals surface area contributed by atoms with Gasteiger partial charge >= 0.3 is 0 Å². The van der Waals surface area contributed by atoms with Gasteiger partial charge in [0, 0.05) is 0 Å². The molecule has 0 spiro atoms. The predicted octanol–water partition coefficient (Wildman–Crippen LogP) is 1.60. The molecule has 0 atom stereocenters. The molecular weight excluding hydrogens is 174 g/mol. The molecule has 0 saturated carbocycles. The molecule has 2 heteroatoms. The Balaban J connectivity index is 2.32. The van der Waals surface area contributed by atoms with Gasteiger partial charge in [0.05, 0.1) is 6.54 Å². The third-order valence-corrected chi connectivity index (χ3v) is 1.72. The van der Waals surface area contributed by atoms with Gasteiger partial charge in [0.25, 0.3) is 0 Å². The molecule has 1 aromatic rings. The first-order chi connectivity index (χ1) is 6.83. The van der Waals surface area contributed by atoms with Crippen LogP contribution in [-0.4, -0.2) is 20.2 Å². The minimum Gasteiger partial charge on any atom is -0.481 e. The fourth-order valence-electron chi connectivity index (χ4n) is 0.956. The van der Waals surface area contributed by atoms with E-state index >= 15 is 0 Å². The lowest BCUT2D eigenvalue weighted by Gasteiger charge is -2.01. The summed E-state index contributed by atoms with van der Waals surface area (Å²) < 4.78 is 5.41. The minimum absolute atomic E-state index is 0.449. The van der Waals surface area contributed by atoms with E-state index in [4.69, 9.17) is 4.74 Å². The summed E-state index contributed by atoms with van der Waals surface area (Å²) in [6.07, 6.45) is 0. The highest BCUT2D eigenvalue weighted by Gasteiger charge is 1.89. The summed E-state index contributed by atoms with van der Waals surface area (Å²) in [6, 6.07) is 7.96. The quantitative estimate of drug-likeness (QED) is 0.729. The average Bonchev–Trinajstić information content (AvgIpc) is 2.21. The van der Waals surface area contributed by atoms with Crippen molar-refractivity contribution in [2.24, 2.45) is 0 Å². The summed E-state index contributed by atoms with van der Waals surface area (Å²) in [6.45, 7) is 3.21. The molecule has 0 aliphatic carbocycles. The molecule has 14 heavy (non-hydrogen) atoms. The van der Waals surface area contributed by atoms with Crippen LogP contribution in [0.3, 0.4) is 0 Å². The monoisotopic (exact) mass is 189 g/mol. The zero-order valence-corrected chi connectivity index (χ0v) is 8.63. The first-order valence-electron chi connectivity index (χ1n) is 4.62. The normalized spacial score (nSPS) is 9.00. The van der Waals surface area contributed by atoms with E-state index in [1.165, 1.54) is 5.56 Å². The maximum absolute atomic E-state index is 5.41. The first kappa shape index (κ1) is 10.6. The SMILES string of the molecule is CNCC#CCOc1ccc(C)cc1. The van der Waals surface area contributed by atoms with Crippen molar-refractivity contribution in [2.45, 2.75) is 6.92 Å². The van der Waals surface area contributed by atoms with E-state index in [9.17, 15) is 0 Å². The molecule has 2 nitrogen and oxygen atoms in total. The summed E-state index contributed by atoms with van der Waals surface area (Å²) in [7, 11) is 1.87. The second-order valence-electron chi connectivity index (χ2n) is 2.99. The maximum Gasteiger partial charge on any atom is 0.149 e. The van der Waals surface area contributed by atoms with Crippen LogP contribution in [0.2, 0.25) is 0 Å². The molecule has 0 aliphatic heterocycles. The van der Waals surface area contributed by atoms with E-state index in [1.54, 1.807) is 0 Å². The number of hydrogen-bond acceptors (Lipinski definition) is 2. The van der Waals surface area contributed by atoms with Crippen LogP contribution < -0.4 is 10.1 Å². The van der Waals surface area contributed by atoms with Gasteiger partial charge in [0.2, 0.25) is 0 Å². The Morgan fingerprint density at radius 2 is 1.93 bits per heavy atom. The second kappa shape index (κ2) is 6.06. The summed E-state index contributed by atoms with van der Waals surface area (Å²) in [5.74, 6) is 6.72. The van der Waals surface area contributed by atoms with Crippen LogP contribution in [0.5, 0.6) is 5.75 Å². The predicted molar refractivity (Wildman–Crippen MR) is 58.4 cm³/mol. The van der Waals surface area contributed by atoms with E-state index < -0.39 is 0 Å². The zero-order valence-electron chi connectivity index (χ0n) is 8.63. The highest BCUT2D eigenvalue weighted by molar-refractivity contribution is 5.26. The minimum atomic E-state index is 0.449. The molecule has 0 fully saturated rings. The smallest absolute Gasteiger partial charge is 0.149 e. The fraction of sp³-hybridized carbons (Fsp3) is 0.333. The van der Waals surface area contributed by atoms with E-state index in [0.717, 1.165) is 5.75 Å². The molecule has 0 heterocycles. The molecule has 0 radical (unpaired) electrons. The van der Waals surface area contributed by atoms with Crippen LogP contribution in [0.15, 0.2) is 24.3 Å². The van der Waals surface area contributed by atoms with Crippen LogP contribution >= 0.6 is 0 Å². The number of nitrogens with one attached hydrogen (secondary N) is 1. The molecule has 0 aromatic heterocycles. The van der Waals surface area contributed by atoms with Crippen molar-refractivity contribution in [2.75, 3.05) is 20.2 Å². The third-order valence-electron chi connectivity index (χ3n) is 1.72. The molecule has 1 rings (SSSR count). The van der Waals surface area contributed by atoms with E-state index in [0.29, 0.717) is 13.2 Å². The van der Waals surface area contributed by atoms with Crippen molar-refractivity contribution >= 4 is 0 Å². The zero-order chi connectivity index (χ0) is 10.2. The van der Waals surface area contributed by atoms with Crippen molar-refractivity contribution in [3.8, 4) is 17.6 Å². The van der Waals surface area contributed by atoms with E-state index in [2.05, 4.69) is 24.1 Å². The molecule has 0 unspecified atom stereocenters. The Bertz CT molecular complexity index is 318. The van der Waals surface area contributed by atoms with Crippen LogP contribution in [-0.2, 0) is 0 Å². The molecule has 1 aromatic carbocycles. The van der Waals surface area contributed by atoms with Crippen LogP contribution in [0.25, 0.3) is 0 Å². The molecule has 0 amide bonds. The second-order valence-corrected chi connectivity index (χ2v) is 2.99. The Hall–Kier alpha value is -1.46. The Kier molecular flexibility index (Phi) is 4.60. The standard InChI is InChI=1S/C12H15NO/c1-11-5-7-12(8-6-11)14-10-4-3-9-13-2/h5-8,13H,9-10H2,1-2H3. The van der Waals surface area contributed by atoms with Gasteiger partial charge in [-0.25, -0.2) is 0 Å². The molecule has 0 saturated heterocycles. The average molecular weight is 189 g/mol. The first-order valence-corrected chi connectivity index (χ1v) is 4.62. The fourth-order valence-corrected chi connectivity index (χ4v) is 0.956. The van der Waals surface area contributed by atoms with Gasteiger partial charge in [0.15, 0.2) is 0 Å². The lowest BCUT2D eigenvalue weighted by molar-refractivity contribution is 0.370. The van der Waals surface area contributed by atoms with Gasteiger partial charge in [-0.1, -0.05) is 29.5 Å². The van der Waals surface area contributed by atoms with Crippen molar-refractivity contribution < 1.29 is 4.74 Å². The van der Waals surface area contributed by atoms with Crippen molar-refractivity contribution in [3.63, 3.8) is 0 Å². The van der Waals surface area contributed by atoms with E-state index in [1.807, 2.05) is 31.3 Å². The largest absolute Gasteiger partial charge is 0.481 e. The lowest BCUT2D eigenvalue weighted by atomic mass is 10.2. The van der Waals surface area contributed by atoms with Gasteiger partial charge in [-0.3, -0.25) is 0 Å². The number of hydrogen-bond donors (Lipinski definition) is 1. The van der Waals surface area contributed by atoms with Crippen LogP contribution in [0, 0.1) is 18.8 Å². The maximum atomic E-state index is 5.41. The number of benzene rings is 1. The highest BCUT2D eigenvalue weighted by atomic mass is 16.5. The summed E-state index contributed by atoms with van der Waals surface area (Å²) in [5, 5.41) is 2.94. The molecule has 74 valence electrons. The summed E-state index contributed by atoms with van der Waals surface area (Å²) in [4.78, 5) is 0. The molecular formula is C12H15NO. The van der Waals surface area contributed by atoms with Crippen LogP contribution in [0.4, 0.5) is 0 Å². The van der Waals surface area contributed by atoms with Gasteiger partial charge in [-0.15, -0.1) is 0 Å². The van der Waals surface area contributed by atoms with Crippen molar-refractivity contribution in [1.82, 2.24) is 5.32 Å². The summed E-state index contributed by atoms with van der Waals surface area (Å²) in [5.41, 5.74) is 1.23. The van der Waals surface area contributed by atoms with Gasteiger partial charge in [-0.2, -0.15) is 0 Å². The Labute approximate surface area is 85.3 Å². The highest BCUT2D eigenvalue weighted by Crippen LogP contribution is 2.10. The summed E-state index contributed by atoms with van der Waals surface area (Å²) >= 11 is 0. The number of aryl methyl sites for hydroxylation is 1. The van der Waals surface area contributed by atoms with Crippen molar-refractivity contribution in [3.05, 3.63) is 29.8 Å².